The largest absolute Gasteiger partial charge is 0.524 e. The van der Waals surface area contributed by atoms with Gasteiger partial charge in [0.15, 0.2) is 11.5 Å². The molecule has 0 spiro atoms. The van der Waals surface area contributed by atoms with Crippen molar-refractivity contribution in [1.29, 1.82) is 0 Å². The lowest BCUT2D eigenvalue weighted by molar-refractivity contribution is -0.143. The minimum absolute atomic E-state index is 0.169. The first-order valence-electron chi connectivity index (χ1n) is 21.7. The monoisotopic (exact) mass is 1140 g/mol. The number of para-hydroxylation sites is 1. The number of carbonyl (C=O) groups is 2. The zero-order chi connectivity index (χ0) is 55.3. The van der Waals surface area contributed by atoms with E-state index in [0.29, 0.717) is 15.1 Å². The van der Waals surface area contributed by atoms with E-state index in [4.69, 9.17) is 16.1 Å². The third-order valence-corrected chi connectivity index (χ3v) is 14.6. The van der Waals surface area contributed by atoms with Gasteiger partial charge in [-0.1, -0.05) is 41.8 Å². The van der Waals surface area contributed by atoms with Crippen LogP contribution in [0, 0.1) is 23.5 Å². The molecule has 3 atom stereocenters. The van der Waals surface area contributed by atoms with Crippen LogP contribution in [-0.2, 0) is 80.4 Å². The lowest BCUT2D eigenvalue weighted by Gasteiger charge is -2.23. The van der Waals surface area contributed by atoms with Crippen molar-refractivity contribution in [2.45, 2.75) is 81.7 Å². The average molecular weight is 1140 g/mol. The molecule has 29 heteroatoms. The molecule has 75 heavy (non-hydrogen) atoms. The van der Waals surface area contributed by atoms with Crippen molar-refractivity contribution in [3.63, 3.8) is 0 Å². The molecular weight excluding hydrogens is 1100 g/mol. The van der Waals surface area contributed by atoms with E-state index in [2.05, 4.69) is 32.3 Å². The van der Waals surface area contributed by atoms with Crippen molar-refractivity contribution in [2.24, 2.45) is 0 Å². The van der Waals surface area contributed by atoms with Crippen LogP contribution in [0.2, 0.25) is 5.02 Å². The van der Waals surface area contributed by atoms with E-state index in [0.717, 1.165) is 36.6 Å². The number of aromatic nitrogens is 5. The summed E-state index contributed by atoms with van der Waals surface area (Å²) in [6.45, 7) is -0.189. The Balaban J connectivity index is 1.46. The zero-order valence-electron chi connectivity index (χ0n) is 39.1. The fraction of sp³-hybridized carbons (Fsp3) is 0.326. The fourth-order valence-electron chi connectivity index (χ4n) is 8.16. The van der Waals surface area contributed by atoms with E-state index in [-0.39, 0.29) is 43.3 Å². The maximum absolute atomic E-state index is 15.2. The highest BCUT2D eigenvalue weighted by Crippen LogP contribution is 2.47. The van der Waals surface area contributed by atoms with Crippen LogP contribution in [0.15, 0.2) is 66.7 Å². The molecule has 3 aromatic heterocycles. The number of alkyl halides is 8. The average Bonchev–Trinajstić information content (AvgIpc) is 3.93. The molecule has 1 aliphatic carbocycles. The molecule has 0 fully saturated rings. The number of hydrogen-bond donors (Lipinski definition) is 3. The number of amides is 2. The lowest BCUT2D eigenvalue weighted by Crippen LogP contribution is -2.35. The SMILES string of the molecule is CS(=O)N(C(=O)Cc1ccccc1OP(=O)(O)O)c1nn(CC(F)(F)F)c2c(-c3ccc(C#CC(C)(C)S(C)=O)nc3C(Cc3cc(F)cc(F)c3)NC(=O)Cn3nc(C(F)(F)F)c4c3C(F)(F)CC4)ccc(Cl)c12. The van der Waals surface area contributed by atoms with E-state index in [9.17, 15) is 67.5 Å². The molecule has 3 unspecified atom stereocenters. The highest BCUT2D eigenvalue weighted by Gasteiger charge is 2.50. The zero-order valence-corrected chi connectivity index (χ0v) is 42.4. The second-order valence-corrected chi connectivity index (χ2v) is 22.1. The molecule has 7 rings (SSSR count). The molecule has 3 heterocycles. The minimum Gasteiger partial charge on any atom is -0.404 e. The van der Waals surface area contributed by atoms with Gasteiger partial charge in [-0.05, 0) is 74.6 Å². The van der Waals surface area contributed by atoms with Gasteiger partial charge in [-0.2, -0.15) is 45.3 Å². The Morgan fingerprint density at radius 1 is 0.960 bits per heavy atom. The summed E-state index contributed by atoms with van der Waals surface area (Å²) in [7, 11) is -9.30. The molecule has 2 amide bonds. The summed E-state index contributed by atoms with van der Waals surface area (Å²) in [5, 5.41) is 9.03. The van der Waals surface area contributed by atoms with Crippen molar-refractivity contribution < 1.29 is 80.8 Å². The van der Waals surface area contributed by atoms with E-state index in [1.165, 1.54) is 50.4 Å². The lowest BCUT2D eigenvalue weighted by atomic mass is 9.93. The number of phosphoric ester groups is 1. The summed E-state index contributed by atoms with van der Waals surface area (Å²) in [4.78, 5) is 51.9. The van der Waals surface area contributed by atoms with Gasteiger partial charge in [0.1, 0.15) is 57.6 Å². The number of nitrogens with one attached hydrogen (secondary N) is 1. The van der Waals surface area contributed by atoms with E-state index in [1.54, 1.807) is 0 Å². The Kier molecular flexibility index (Phi) is 15.9. The van der Waals surface area contributed by atoms with Crippen LogP contribution in [0.4, 0.5) is 49.7 Å². The maximum atomic E-state index is 15.2. The van der Waals surface area contributed by atoms with Crippen LogP contribution >= 0.6 is 19.4 Å². The first-order valence-corrected chi connectivity index (χ1v) is 26.6. The van der Waals surface area contributed by atoms with E-state index in [1.807, 2.05) is 0 Å². The number of carbonyl (C=O) groups excluding carboxylic acids is 2. The standard InChI is InChI=1S/C46H39ClF10N7O8PS2/c1-43(2,74(3)70)15-13-28-9-10-29(38(58-28)33(19-24-17-26(48)21-27(49)18-24)59-35(65)22-62-41-31(14-16-44(41,50)51)40(60-62)46(55,56)57)30-11-12-32(47)37-39(30)63(23-45(52,53)54)61-42(37)64(75(4)71)36(66)20-25-7-5-6-8-34(25)72-73(67,68)69/h5-12,17-18,21,33H,14,16,19-20,22-23H2,1-4H3,(H,59,65)(H2,67,68,69). The number of halogens is 11. The first kappa shape index (κ1) is 56.6. The van der Waals surface area contributed by atoms with E-state index < -0.39 is 160 Å². The number of pyridine rings is 1. The van der Waals surface area contributed by atoms with Crippen LogP contribution in [0.25, 0.3) is 22.0 Å². The molecular formula is C46H39ClF10N7O8PS2. The van der Waals surface area contributed by atoms with Crippen LogP contribution in [0.1, 0.15) is 65.8 Å². The number of benzene rings is 3. The molecule has 0 saturated carbocycles. The number of hydrogen-bond acceptors (Lipinski definition) is 9. The molecule has 3 N–H and O–H groups in total. The second-order valence-electron chi connectivity index (χ2n) is 17.4. The Labute approximate surface area is 428 Å². The van der Waals surface area contributed by atoms with Gasteiger partial charge >= 0.3 is 20.2 Å². The van der Waals surface area contributed by atoms with Crippen LogP contribution < -0.4 is 14.1 Å². The second kappa shape index (κ2) is 21.1. The summed E-state index contributed by atoms with van der Waals surface area (Å²) in [5.41, 5.74) is -5.69. The number of fused-ring (bicyclic) bond motifs is 2. The number of phosphoric acid groups is 1. The number of rotatable bonds is 15. The van der Waals surface area contributed by atoms with Crippen molar-refractivity contribution in [1.82, 2.24) is 29.9 Å². The van der Waals surface area contributed by atoms with Crippen molar-refractivity contribution in [3.05, 3.63) is 123 Å². The molecule has 3 aromatic carbocycles. The number of nitrogens with zero attached hydrogens (tertiary/aromatic N) is 6. The van der Waals surface area contributed by atoms with Crippen LogP contribution in [-0.4, -0.2) is 78.0 Å². The van der Waals surface area contributed by atoms with Gasteiger partial charge < -0.3 is 9.84 Å². The molecule has 0 saturated heterocycles. The highest BCUT2D eigenvalue weighted by molar-refractivity contribution is 7.86. The van der Waals surface area contributed by atoms with Crippen LogP contribution in [0.3, 0.4) is 0 Å². The Morgan fingerprint density at radius 3 is 2.23 bits per heavy atom. The van der Waals surface area contributed by atoms with Crippen molar-refractivity contribution in [3.8, 4) is 28.7 Å². The fourth-order valence-corrected chi connectivity index (χ4v) is 9.75. The van der Waals surface area contributed by atoms with Crippen molar-refractivity contribution in [2.75, 3.05) is 16.8 Å². The van der Waals surface area contributed by atoms with Gasteiger partial charge in [0, 0.05) is 58.1 Å². The minimum atomic E-state index is -5.22. The summed E-state index contributed by atoms with van der Waals surface area (Å²) in [6.07, 6.45) is -11.3. The summed E-state index contributed by atoms with van der Waals surface area (Å²) in [5.74, 6) is -4.29. The third kappa shape index (κ3) is 12.9. The maximum Gasteiger partial charge on any atom is 0.524 e. The van der Waals surface area contributed by atoms with E-state index >= 15 is 8.78 Å². The quantitative estimate of drug-likeness (QED) is 0.0505. The topological polar surface area (TPSA) is 199 Å². The van der Waals surface area contributed by atoms with Gasteiger partial charge in [-0.15, -0.1) is 0 Å². The van der Waals surface area contributed by atoms with Gasteiger partial charge in [-0.3, -0.25) is 32.9 Å². The Morgan fingerprint density at radius 2 is 1.61 bits per heavy atom. The van der Waals surface area contributed by atoms with Gasteiger partial charge in [0.05, 0.1) is 34.1 Å². The molecule has 0 radical (unpaired) electrons. The molecule has 15 nitrogen and oxygen atoms in total. The molecule has 400 valence electrons. The summed E-state index contributed by atoms with van der Waals surface area (Å²) in [6, 6.07) is 10.2. The summed E-state index contributed by atoms with van der Waals surface area (Å²) < 4.78 is 189. The molecule has 0 bridgehead atoms. The summed E-state index contributed by atoms with van der Waals surface area (Å²) >= 11 is 6.73. The van der Waals surface area contributed by atoms with Crippen LogP contribution in [0.5, 0.6) is 5.75 Å². The third-order valence-electron chi connectivity index (χ3n) is 11.5. The predicted octanol–water partition coefficient (Wildman–Crippen LogP) is 8.80. The molecule has 0 aliphatic heterocycles. The van der Waals surface area contributed by atoms with Gasteiger partial charge in [0.25, 0.3) is 5.92 Å². The van der Waals surface area contributed by atoms with Gasteiger partial charge in [-0.25, -0.2) is 26.8 Å². The van der Waals surface area contributed by atoms with Crippen molar-refractivity contribution >= 4 is 69.7 Å². The molecule has 1 aliphatic rings. The number of anilines is 1. The normalized spacial score (nSPS) is 14.9. The van der Waals surface area contributed by atoms with Gasteiger partial charge in [0.2, 0.25) is 11.8 Å². The smallest absolute Gasteiger partial charge is 0.404 e. The Hall–Kier alpha value is -6.17. The predicted molar refractivity (Wildman–Crippen MR) is 254 cm³/mol. The molecule has 6 aromatic rings. The highest BCUT2D eigenvalue weighted by atomic mass is 35.5. The first-order chi connectivity index (χ1) is 34.7. The Bertz CT molecular complexity index is 3410.